The molecule has 4 heterocycles. The maximum Gasteiger partial charge on any atom is 0.289 e. The highest BCUT2D eigenvalue weighted by Crippen LogP contribution is 2.25. The molecule has 0 aromatic carbocycles. The number of carbonyl (C=O) groups excluding carboxylic acids is 1. The Labute approximate surface area is 126 Å². The lowest BCUT2D eigenvalue weighted by atomic mass is 9.97. The number of amides is 1. The van der Waals surface area contributed by atoms with Gasteiger partial charge in [0.25, 0.3) is 5.91 Å². The molecule has 8 heteroatoms. The summed E-state index contributed by atoms with van der Waals surface area (Å²) in [5.41, 5.74) is 1.34. The Hall–Kier alpha value is -2.77. The van der Waals surface area contributed by atoms with Crippen molar-refractivity contribution in [1.82, 2.24) is 35.0 Å². The molecule has 0 bridgehead atoms. The Balaban J connectivity index is 1.56. The first-order valence-electron chi connectivity index (χ1n) is 7.26. The van der Waals surface area contributed by atoms with Crippen LogP contribution in [0.25, 0.3) is 11.2 Å². The molecule has 1 aliphatic heterocycles. The van der Waals surface area contributed by atoms with Crippen molar-refractivity contribution in [3.05, 3.63) is 36.3 Å². The van der Waals surface area contributed by atoms with E-state index >= 15 is 0 Å². The Morgan fingerprint density at radius 1 is 1.36 bits per heavy atom. The number of piperidine rings is 1. The molecule has 0 unspecified atom stereocenters. The molecule has 1 saturated heterocycles. The summed E-state index contributed by atoms with van der Waals surface area (Å²) < 4.78 is 0. The molecule has 1 atom stereocenters. The van der Waals surface area contributed by atoms with Crippen molar-refractivity contribution in [3.8, 4) is 0 Å². The number of hydrogen-bond donors (Lipinski definition) is 2. The Kier molecular flexibility index (Phi) is 3.06. The minimum Gasteiger partial charge on any atom is -0.335 e. The van der Waals surface area contributed by atoms with Crippen molar-refractivity contribution in [2.75, 3.05) is 13.1 Å². The van der Waals surface area contributed by atoms with Crippen molar-refractivity contribution in [2.45, 2.75) is 18.8 Å². The topological polar surface area (TPSA) is 103 Å². The lowest BCUT2D eigenvalue weighted by molar-refractivity contribution is 0.0693. The fourth-order valence-electron chi connectivity index (χ4n) is 2.89. The molecular formula is C14H15N7O. The van der Waals surface area contributed by atoms with Crippen molar-refractivity contribution in [1.29, 1.82) is 0 Å². The molecule has 0 radical (unpaired) electrons. The van der Waals surface area contributed by atoms with Crippen LogP contribution in [0, 0.1) is 0 Å². The summed E-state index contributed by atoms with van der Waals surface area (Å²) in [6.45, 7) is 1.35. The standard InChI is InChI=1S/C14H15N7O/c22-14(13-18-10-4-1-5-15-12(10)19-13)21-6-2-3-9(7-21)11-16-8-17-20-11/h1,4-5,8-9H,2-3,6-7H2,(H,15,18,19)(H,16,17,20)/t9-/m0/s1. The summed E-state index contributed by atoms with van der Waals surface area (Å²) in [4.78, 5) is 30.1. The van der Waals surface area contributed by atoms with Crippen LogP contribution in [0.2, 0.25) is 0 Å². The summed E-state index contributed by atoms with van der Waals surface area (Å²) in [5.74, 6) is 1.28. The van der Waals surface area contributed by atoms with E-state index in [-0.39, 0.29) is 11.8 Å². The summed E-state index contributed by atoms with van der Waals surface area (Å²) in [6, 6.07) is 3.68. The summed E-state index contributed by atoms with van der Waals surface area (Å²) in [7, 11) is 0. The molecule has 0 saturated carbocycles. The SMILES string of the molecule is O=C(c1nc2ncccc2[nH]1)N1CCC[C@H](c2ncn[nH]2)C1. The molecule has 3 aromatic heterocycles. The van der Waals surface area contributed by atoms with Crippen LogP contribution in [0.3, 0.4) is 0 Å². The van der Waals surface area contributed by atoms with Crippen LogP contribution in [0.1, 0.15) is 35.2 Å². The molecule has 112 valence electrons. The zero-order valence-electron chi connectivity index (χ0n) is 11.9. The van der Waals surface area contributed by atoms with E-state index in [0.717, 1.165) is 30.7 Å². The van der Waals surface area contributed by atoms with Crippen LogP contribution in [0.4, 0.5) is 0 Å². The smallest absolute Gasteiger partial charge is 0.289 e. The van der Waals surface area contributed by atoms with Crippen LogP contribution in [0.15, 0.2) is 24.7 Å². The highest BCUT2D eigenvalue weighted by Gasteiger charge is 2.28. The number of fused-ring (bicyclic) bond motifs is 1. The van der Waals surface area contributed by atoms with E-state index in [2.05, 4.69) is 30.1 Å². The Morgan fingerprint density at radius 3 is 3.14 bits per heavy atom. The highest BCUT2D eigenvalue weighted by atomic mass is 16.2. The number of likely N-dealkylation sites (tertiary alicyclic amines) is 1. The third-order valence-corrected chi connectivity index (χ3v) is 3.99. The van der Waals surface area contributed by atoms with E-state index in [1.165, 1.54) is 6.33 Å². The van der Waals surface area contributed by atoms with Crippen molar-refractivity contribution in [2.24, 2.45) is 0 Å². The number of carbonyl (C=O) groups is 1. The molecule has 1 fully saturated rings. The summed E-state index contributed by atoms with van der Waals surface area (Å²) in [6.07, 6.45) is 5.11. The van der Waals surface area contributed by atoms with Crippen molar-refractivity contribution >= 4 is 17.1 Å². The first-order chi connectivity index (χ1) is 10.8. The first-order valence-corrected chi connectivity index (χ1v) is 7.26. The number of H-pyrrole nitrogens is 2. The van der Waals surface area contributed by atoms with Crippen LogP contribution >= 0.6 is 0 Å². The van der Waals surface area contributed by atoms with Gasteiger partial charge in [-0.3, -0.25) is 9.89 Å². The molecule has 4 rings (SSSR count). The molecule has 0 spiro atoms. The zero-order chi connectivity index (χ0) is 14.9. The molecule has 22 heavy (non-hydrogen) atoms. The minimum atomic E-state index is -0.0952. The number of aromatic amines is 2. The van der Waals surface area contributed by atoms with Gasteiger partial charge < -0.3 is 9.88 Å². The maximum atomic E-state index is 12.6. The monoisotopic (exact) mass is 297 g/mol. The van der Waals surface area contributed by atoms with Crippen LogP contribution in [0.5, 0.6) is 0 Å². The number of rotatable bonds is 2. The maximum absolute atomic E-state index is 12.6. The molecule has 0 aliphatic carbocycles. The second-order valence-corrected chi connectivity index (χ2v) is 5.42. The molecular weight excluding hydrogens is 282 g/mol. The predicted molar refractivity (Wildman–Crippen MR) is 78.1 cm³/mol. The third-order valence-electron chi connectivity index (χ3n) is 3.99. The zero-order valence-corrected chi connectivity index (χ0v) is 11.9. The number of aromatic nitrogens is 6. The van der Waals surface area contributed by atoms with Gasteiger partial charge in [0.2, 0.25) is 0 Å². The van der Waals surface area contributed by atoms with Crippen molar-refractivity contribution < 1.29 is 4.79 Å². The number of nitrogens with one attached hydrogen (secondary N) is 2. The first kappa shape index (κ1) is 12.9. The van der Waals surface area contributed by atoms with Gasteiger partial charge in [-0.1, -0.05) is 0 Å². The lowest BCUT2D eigenvalue weighted by Gasteiger charge is -2.31. The molecule has 1 amide bonds. The van der Waals surface area contributed by atoms with E-state index < -0.39 is 0 Å². The van der Waals surface area contributed by atoms with Crippen LogP contribution < -0.4 is 0 Å². The second-order valence-electron chi connectivity index (χ2n) is 5.42. The number of nitrogens with zero attached hydrogens (tertiary/aromatic N) is 5. The Morgan fingerprint density at radius 2 is 2.32 bits per heavy atom. The van der Waals surface area contributed by atoms with Gasteiger partial charge in [-0.05, 0) is 25.0 Å². The third kappa shape index (κ3) is 2.22. The minimum absolute atomic E-state index is 0.0952. The van der Waals surface area contributed by atoms with Gasteiger partial charge in [-0.25, -0.2) is 15.0 Å². The molecule has 3 aromatic rings. The van der Waals surface area contributed by atoms with Crippen LogP contribution in [-0.4, -0.2) is 54.0 Å². The van der Waals surface area contributed by atoms with Gasteiger partial charge in [0.05, 0.1) is 5.52 Å². The number of hydrogen-bond acceptors (Lipinski definition) is 5. The average molecular weight is 297 g/mol. The fourth-order valence-corrected chi connectivity index (χ4v) is 2.89. The summed E-state index contributed by atoms with van der Waals surface area (Å²) in [5, 5.41) is 6.78. The van der Waals surface area contributed by atoms with Gasteiger partial charge >= 0.3 is 0 Å². The fraction of sp³-hybridized carbons (Fsp3) is 0.357. The number of imidazole rings is 1. The second kappa shape index (κ2) is 5.21. The quantitative estimate of drug-likeness (QED) is 0.737. The van der Waals surface area contributed by atoms with E-state index in [4.69, 9.17) is 0 Å². The average Bonchev–Trinajstić information content (AvgIpc) is 3.23. The van der Waals surface area contributed by atoms with Gasteiger partial charge in [0, 0.05) is 25.2 Å². The van der Waals surface area contributed by atoms with Crippen LogP contribution in [-0.2, 0) is 0 Å². The normalized spacial score (nSPS) is 18.7. The van der Waals surface area contributed by atoms with Gasteiger partial charge in [-0.15, -0.1) is 0 Å². The molecule has 8 nitrogen and oxygen atoms in total. The van der Waals surface area contributed by atoms with E-state index in [1.807, 2.05) is 17.0 Å². The van der Waals surface area contributed by atoms with Crippen molar-refractivity contribution in [3.63, 3.8) is 0 Å². The number of pyridine rings is 1. The predicted octanol–water partition coefficient (Wildman–Crippen LogP) is 1.10. The molecule has 2 N–H and O–H groups in total. The highest BCUT2D eigenvalue weighted by molar-refractivity contribution is 5.93. The van der Waals surface area contributed by atoms with Gasteiger partial charge in [0.15, 0.2) is 11.5 Å². The van der Waals surface area contributed by atoms with E-state index in [9.17, 15) is 4.79 Å². The van der Waals surface area contributed by atoms with E-state index in [1.54, 1.807) is 6.20 Å². The largest absolute Gasteiger partial charge is 0.335 e. The van der Waals surface area contributed by atoms with Gasteiger partial charge in [0.1, 0.15) is 12.2 Å². The van der Waals surface area contributed by atoms with E-state index in [0.29, 0.717) is 18.0 Å². The van der Waals surface area contributed by atoms with Gasteiger partial charge in [-0.2, -0.15) is 5.10 Å². The lowest BCUT2D eigenvalue weighted by Crippen LogP contribution is -2.39. The summed E-state index contributed by atoms with van der Waals surface area (Å²) >= 11 is 0. The molecule has 1 aliphatic rings. The Bertz CT molecular complexity index is 761.